The maximum Gasteiger partial charge on any atom is 0.305 e. The minimum absolute atomic E-state index is 0.0633. The molecular formula is C22H27NO2S. The zero-order valence-corrected chi connectivity index (χ0v) is 16.3. The van der Waals surface area contributed by atoms with Crippen molar-refractivity contribution >= 4 is 17.3 Å². The summed E-state index contributed by atoms with van der Waals surface area (Å²) in [5, 5.41) is 2.24. The number of benzene rings is 1. The van der Waals surface area contributed by atoms with Crippen molar-refractivity contribution in [2.24, 2.45) is 5.92 Å². The van der Waals surface area contributed by atoms with E-state index < -0.39 is 0 Å². The highest BCUT2D eigenvalue weighted by atomic mass is 32.1. The molecule has 0 radical (unpaired) electrons. The third kappa shape index (κ3) is 3.58. The van der Waals surface area contributed by atoms with E-state index in [1.165, 1.54) is 30.4 Å². The summed E-state index contributed by atoms with van der Waals surface area (Å²) < 4.78 is 4.94. The summed E-state index contributed by atoms with van der Waals surface area (Å²) in [6.45, 7) is 3.31. The Kier molecular flexibility index (Phi) is 5.14. The lowest BCUT2D eigenvalue weighted by molar-refractivity contribution is -0.142. The molecule has 0 bridgehead atoms. The summed E-state index contributed by atoms with van der Waals surface area (Å²) in [5.74, 6) is 0.362. The second-order valence-electron chi connectivity index (χ2n) is 7.85. The molecule has 1 unspecified atom stereocenters. The molecule has 3 nitrogen and oxygen atoms in total. The van der Waals surface area contributed by atoms with E-state index in [0.29, 0.717) is 12.3 Å². The molecule has 1 aliphatic carbocycles. The molecule has 26 heavy (non-hydrogen) atoms. The molecule has 1 saturated heterocycles. The fourth-order valence-electron chi connectivity index (χ4n) is 4.89. The van der Waals surface area contributed by atoms with Crippen molar-refractivity contribution in [2.45, 2.75) is 44.1 Å². The van der Waals surface area contributed by atoms with Crippen LogP contribution in [-0.2, 0) is 27.9 Å². The summed E-state index contributed by atoms with van der Waals surface area (Å²) in [6.07, 6.45) is 5.12. The second-order valence-corrected chi connectivity index (χ2v) is 8.85. The number of thiophene rings is 1. The Morgan fingerprint density at radius 2 is 2.00 bits per heavy atom. The summed E-state index contributed by atoms with van der Waals surface area (Å²) in [7, 11) is 1.50. The Morgan fingerprint density at radius 3 is 2.73 bits per heavy atom. The molecule has 1 aromatic carbocycles. The molecule has 4 heteroatoms. The highest BCUT2D eigenvalue weighted by Gasteiger charge is 2.43. The molecule has 0 N–H and O–H groups in total. The first kappa shape index (κ1) is 17.7. The van der Waals surface area contributed by atoms with Gasteiger partial charge in [0.2, 0.25) is 0 Å². The van der Waals surface area contributed by atoms with Crippen LogP contribution in [0, 0.1) is 5.92 Å². The number of hydrogen-bond donors (Lipinski definition) is 0. The van der Waals surface area contributed by atoms with Crippen molar-refractivity contribution in [1.29, 1.82) is 0 Å². The number of carbonyl (C=O) groups is 1. The third-order valence-electron chi connectivity index (χ3n) is 6.22. The Labute approximate surface area is 160 Å². The Balaban J connectivity index is 1.47. The molecular weight excluding hydrogens is 342 g/mol. The van der Waals surface area contributed by atoms with E-state index in [0.717, 1.165) is 32.5 Å². The average molecular weight is 370 g/mol. The third-order valence-corrected chi connectivity index (χ3v) is 7.16. The van der Waals surface area contributed by atoms with Crippen molar-refractivity contribution in [3.05, 3.63) is 57.8 Å². The van der Waals surface area contributed by atoms with Crippen molar-refractivity contribution < 1.29 is 9.53 Å². The van der Waals surface area contributed by atoms with Crippen LogP contribution in [0.4, 0.5) is 0 Å². The number of nitrogens with zero attached hydrogens (tertiary/aromatic N) is 1. The minimum Gasteiger partial charge on any atom is -0.469 e. The van der Waals surface area contributed by atoms with E-state index in [1.54, 1.807) is 5.56 Å². The number of likely N-dealkylation sites (tertiary alicyclic amines) is 1. The normalized spacial score (nSPS) is 22.1. The van der Waals surface area contributed by atoms with Crippen molar-refractivity contribution in [3.63, 3.8) is 0 Å². The Hall–Kier alpha value is -1.65. The number of fused-ring (bicyclic) bond motifs is 2. The molecule has 1 aromatic heterocycles. The number of rotatable bonds is 4. The van der Waals surface area contributed by atoms with Gasteiger partial charge in [-0.2, -0.15) is 0 Å². The molecule has 2 aliphatic rings. The number of hydrogen-bond acceptors (Lipinski definition) is 4. The van der Waals surface area contributed by atoms with Crippen molar-refractivity contribution in [1.82, 2.24) is 4.90 Å². The molecule has 138 valence electrons. The SMILES string of the molecule is COC(=O)CC1Cc2sccc2C2(CCN(Cc3ccccc3)CC2)C1. The number of esters is 1. The summed E-state index contributed by atoms with van der Waals surface area (Å²) in [4.78, 5) is 15.9. The summed E-state index contributed by atoms with van der Waals surface area (Å²) in [6, 6.07) is 13.1. The van der Waals surface area contributed by atoms with Gasteiger partial charge in [0.25, 0.3) is 0 Å². The topological polar surface area (TPSA) is 29.5 Å². The smallest absolute Gasteiger partial charge is 0.305 e. The maximum atomic E-state index is 11.8. The predicted molar refractivity (Wildman–Crippen MR) is 105 cm³/mol. The molecule has 1 fully saturated rings. The summed E-state index contributed by atoms with van der Waals surface area (Å²) >= 11 is 1.87. The molecule has 1 atom stereocenters. The number of carbonyl (C=O) groups excluding carboxylic acids is 1. The monoisotopic (exact) mass is 369 g/mol. The zero-order chi connectivity index (χ0) is 18.0. The van der Waals surface area contributed by atoms with Gasteiger partial charge in [-0.25, -0.2) is 0 Å². The molecule has 4 rings (SSSR count). The standard InChI is InChI=1S/C22H27NO2S/c1-25-21(24)14-18-13-20-19(7-12-26-20)22(15-18)8-10-23(11-9-22)16-17-5-3-2-4-6-17/h2-7,12,18H,8-11,13-16H2,1H3. The minimum atomic E-state index is -0.0633. The van der Waals surface area contributed by atoms with Gasteiger partial charge in [-0.1, -0.05) is 30.3 Å². The molecule has 2 heterocycles. The molecule has 1 spiro atoms. The maximum absolute atomic E-state index is 11.8. The van der Waals surface area contributed by atoms with Crippen molar-refractivity contribution in [2.75, 3.05) is 20.2 Å². The number of piperidine rings is 1. The Morgan fingerprint density at radius 1 is 1.23 bits per heavy atom. The van der Waals surface area contributed by atoms with Gasteiger partial charge in [0.15, 0.2) is 0 Å². The first-order valence-electron chi connectivity index (χ1n) is 9.58. The molecule has 0 amide bonds. The van der Waals surface area contributed by atoms with Gasteiger partial charge in [-0.15, -0.1) is 11.3 Å². The molecule has 2 aromatic rings. The second kappa shape index (κ2) is 7.53. The van der Waals surface area contributed by atoms with Crippen molar-refractivity contribution in [3.8, 4) is 0 Å². The quantitative estimate of drug-likeness (QED) is 0.748. The Bertz CT molecular complexity index is 747. The highest BCUT2D eigenvalue weighted by molar-refractivity contribution is 7.10. The van der Waals surface area contributed by atoms with Crippen LogP contribution in [0.15, 0.2) is 41.8 Å². The van der Waals surface area contributed by atoms with Crippen LogP contribution >= 0.6 is 11.3 Å². The van der Waals surface area contributed by atoms with Crippen LogP contribution in [0.25, 0.3) is 0 Å². The van der Waals surface area contributed by atoms with Gasteiger partial charge in [-0.05, 0) is 72.7 Å². The van der Waals surface area contributed by atoms with Crippen LogP contribution in [0.2, 0.25) is 0 Å². The average Bonchev–Trinajstić information content (AvgIpc) is 3.14. The lowest BCUT2D eigenvalue weighted by Gasteiger charge is -2.46. The van der Waals surface area contributed by atoms with E-state index in [1.807, 2.05) is 11.3 Å². The van der Waals surface area contributed by atoms with Crippen LogP contribution in [0.5, 0.6) is 0 Å². The van der Waals surface area contributed by atoms with Crippen LogP contribution in [0.1, 0.15) is 41.7 Å². The fourth-order valence-corrected chi connectivity index (χ4v) is 6.00. The van der Waals surface area contributed by atoms with Gasteiger partial charge in [0.1, 0.15) is 0 Å². The number of ether oxygens (including phenoxy) is 1. The largest absolute Gasteiger partial charge is 0.469 e. The van der Waals surface area contributed by atoms with Crippen LogP contribution in [-0.4, -0.2) is 31.1 Å². The van der Waals surface area contributed by atoms with Gasteiger partial charge in [0.05, 0.1) is 7.11 Å². The lowest BCUT2D eigenvalue weighted by Crippen LogP contribution is -2.45. The van der Waals surface area contributed by atoms with E-state index in [4.69, 9.17) is 4.74 Å². The molecule has 0 saturated carbocycles. The van der Waals surface area contributed by atoms with E-state index in [9.17, 15) is 4.79 Å². The fraction of sp³-hybridized carbons (Fsp3) is 0.500. The van der Waals surface area contributed by atoms with E-state index in [2.05, 4.69) is 46.7 Å². The van der Waals surface area contributed by atoms with Gasteiger partial charge >= 0.3 is 5.97 Å². The first-order valence-corrected chi connectivity index (χ1v) is 10.5. The predicted octanol–water partition coefficient (Wildman–Crippen LogP) is 4.41. The van der Waals surface area contributed by atoms with E-state index >= 15 is 0 Å². The molecule has 1 aliphatic heterocycles. The highest BCUT2D eigenvalue weighted by Crippen LogP contribution is 2.49. The van der Waals surface area contributed by atoms with Gasteiger partial charge < -0.3 is 4.74 Å². The zero-order valence-electron chi connectivity index (χ0n) is 15.4. The van der Waals surface area contributed by atoms with Gasteiger partial charge in [-0.3, -0.25) is 9.69 Å². The number of methoxy groups -OCH3 is 1. The first-order chi connectivity index (χ1) is 12.7. The van der Waals surface area contributed by atoms with Gasteiger partial charge in [0, 0.05) is 17.8 Å². The van der Waals surface area contributed by atoms with Crippen LogP contribution in [0.3, 0.4) is 0 Å². The van der Waals surface area contributed by atoms with Crippen LogP contribution < -0.4 is 0 Å². The van der Waals surface area contributed by atoms with E-state index in [-0.39, 0.29) is 11.4 Å². The lowest BCUT2D eigenvalue weighted by atomic mass is 9.63. The summed E-state index contributed by atoms with van der Waals surface area (Å²) in [5.41, 5.74) is 3.23.